The summed E-state index contributed by atoms with van der Waals surface area (Å²) < 4.78 is 1.88. The first kappa shape index (κ1) is 18.0. The largest absolute Gasteiger partial charge is 0.322 e. The van der Waals surface area contributed by atoms with E-state index < -0.39 is 0 Å². The summed E-state index contributed by atoms with van der Waals surface area (Å²) in [5, 5.41) is 18.6. The standard InChI is InChI=1S/C20H18N6OS/c1-26-13-22-25-20(26)28-12-14-4-2-7-17(10-14)23-19(27)16-6-3-5-15(11-16)18-8-9-21-24-18/h2-11,13H,12H2,1H3,(H,21,24)(H,23,27). The van der Waals surface area contributed by atoms with Crippen molar-refractivity contribution in [2.75, 3.05) is 5.32 Å². The average molecular weight is 390 g/mol. The van der Waals surface area contributed by atoms with Gasteiger partial charge in [0.25, 0.3) is 5.91 Å². The number of H-pyrrole nitrogens is 1. The molecule has 2 N–H and O–H groups in total. The van der Waals surface area contributed by atoms with E-state index in [-0.39, 0.29) is 5.91 Å². The molecule has 0 unspecified atom stereocenters. The first-order valence-corrected chi connectivity index (χ1v) is 9.64. The number of aromatic nitrogens is 5. The van der Waals surface area contributed by atoms with E-state index in [1.54, 1.807) is 30.4 Å². The second kappa shape index (κ2) is 8.10. The lowest BCUT2D eigenvalue weighted by atomic mass is 10.1. The van der Waals surface area contributed by atoms with Crippen molar-refractivity contribution in [3.8, 4) is 11.3 Å². The van der Waals surface area contributed by atoms with Gasteiger partial charge in [0.2, 0.25) is 0 Å². The second-order valence-electron chi connectivity index (χ2n) is 6.22. The van der Waals surface area contributed by atoms with Crippen LogP contribution in [0.25, 0.3) is 11.3 Å². The van der Waals surface area contributed by atoms with Crippen LogP contribution in [-0.4, -0.2) is 30.9 Å². The number of nitrogens with one attached hydrogen (secondary N) is 2. The fraction of sp³-hybridized carbons (Fsp3) is 0.100. The molecule has 0 spiro atoms. The summed E-state index contributed by atoms with van der Waals surface area (Å²) in [6, 6.07) is 17.1. The molecule has 0 atom stereocenters. The first-order valence-electron chi connectivity index (χ1n) is 8.66. The Morgan fingerprint density at radius 1 is 1.18 bits per heavy atom. The van der Waals surface area contributed by atoms with Gasteiger partial charge in [0.1, 0.15) is 6.33 Å². The van der Waals surface area contributed by atoms with Crippen molar-refractivity contribution in [2.24, 2.45) is 7.05 Å². The minimum atomic E-state index is -0.153. The van der Waals surface area contributed by atoms with Crippen molar-refractivity contribution in [3.05, 3.63) is 78.2 Å². The third-order valence-corrected chi connectivity index (χ3v) is 5.26. The van der Waals surface area contributed by atoms with Gasteiger partial charge in [-0.05, 0) is 35.9 Å². The maximum absolute atomic E-state index is 12.7. The van der Waals surface area contributed by atoms with Gasteiger partial charge in [-0.2, -0.15) is 5.10 Å². The van der Waals surface area contributed by atoms with Crippen molar-refractivity contribution in [1.82, 2.24) is 25.0 Å². The molecule has 2 aromatic heterocycles. The Morgan fingerprint density at radius 3 is 2.86 bits per heavy atom. The van der Waals surface area contributed by atoms with Gasteiger partial charge >= 0.3 is 0 Å². The number of benzene rings is 2. The van der Waals surface area contributed by atoms with E-state index in [1.807, 2.05) is 60.1 Å². The maximum Gasteiger partial charge on any atom is 0.255 e. The Morgan fingerprint density at radius 2 is 2.07 bits per heavy atom. The Labute approximate surface area is 166 Å². The SMILES string of the molecule is Cn1cnnc1SCc1cccc(NC(=O)c2cccc(-c3ccn[nH]3)c2)c1. The quantitative estimate of drug-likeness (QED) is 0.490. The van der Waals surface area contributed by atoms with Gasteiger partial charge in [-0.25, -0.2) is 0 Å². The normalized spacial score (nSPS) is 10.8. The summed E-state index contributed by atoms with van der Waals surface area (Å²) in [5.41, 5.74) is 4.23. The van der Waals surface area contributed by atoms with Crippen LogP contribution in [0.1, 0.15) is 15.9 Å². The van der Waals surface area contributed by atoms with Crippen molar-refractivity contribution >= 4 is 23.4 Å². The average Bonchev–Trinajstić information content (AvgIpc) is 3.39. The number of thioether (sulfide) groups is 1. The molecule has 0 bridgehead atoms. The highest BCUT2D eigenvalue weighted by molar-refractivity contribution is 7.98. The second-order valence-corrected chi connectivity index (χ2v) is 7.16. The molecule has 0 saturated heterocycles. The number of hydrogen-bond donors (Lipinski definition) is 2. The zero-order valence-corrected chi connectivity index (χ0v) is 16.0. The molecule has 140 valence electrons. The Bertz CT molecular complexity index is 1090. The van der Waals surface area contributed by atoms with Gasteiger partial charge in [-0.3, -0.25) is 9.89 Å². The molecule has 0 saturated carbocycles. The van der Waals surface area contributed by atoms with E-state index in [0.717, 1.165) is 33.4 Å². The van der Waals surface area contributed by atoms with Crippen LogP contribution >= 0.6 is 11.8 Å². The minimum Gasteiger partial charge on any atom is -0.322 e. The molecule has 0 aliphatic carbocycles. The highest BCUT2D eigenvalue weighted by Gasteiger charge is 2.09. The molecule has 0 radical (unpaired) electrons. The van der Waals surface area contributed by atoms with Gasteiger partial charge < -0.3 is 9.88 Å². The van der Waals surface area contributed by atoms with Gasteiger partial charge in [0.15, 0.2) is 5.16 Å². The summed E-state index contributed by atoms with van der Waals surface area (Å²) in [4.78, 5) is 12.7. The zero-order chi connectivity index (χ0) is 19.3. The summed E-state index contributed by atoms with van der Waals surface area (Å²) in [6.07, 6.45) is 3.36. The molecule has 0 aliphatic heterocycles. The van der Waals surface area contributed by atoms with E-state index >= 15 is 0 Å². The van der Waals surface area contributed by atoms with E-state index in [2.05, 4.69) is 25.7 Å². The van der Waals surface area contributed by atoms with E-state index in [9.17, 15) is 4.79 Å². The van der Waals surface area contributed by atoms with Crippen LogP contribution in [0.5, 0.6) is 0 Å². The van der Waals surface area contributed by atoms with Crippen molar-refractivity contribution in [1.29, 1.82) is 0 Å². The molecule has 4 aromatic rings. The molecule has 0 aliphatic rings. The third kappa shape index (κ3) is 4.12. The molecule has 2 aromatic carbocycles. The summed E-state index contributed by atoms with van der Waals surface area (Å²) in [6.45, 7) is 0. The van der Waals surface area contributed by atoms with Crippen LogP contribution in [0.2, 0.25) is 0 Å². The predicted molar refractivity (Wildman–Crippen MR) is 109 cm³/mol. The minimum absolute atomic E-state index is 0.153. The van der Waals surface area contributed by atoms with E-state index in [1.165, 1.54) is 0 Å². The van der Waals surface area contributed by atoms with E-state index in [0.29, 0.717) is 5.56 Å². The van der Waals surface area contributed by atoms with Gasteiger partial charge in [-0.1, -0.05) is 36.0 Å². The fourth-order valence-electron chi connectivity index (χ4n) is 2.74. The van der Waals surface area contributed by atoms with Crippen molar-refractivity contribution in [2.45, 2.75) is 10.9 Å². The number of nitrogens with zero attached hydrogens (tertiary/aromatic N) is 4. The Balaban J connectivity index is 1.45. The van der Waals surface area contributed by atoms with E-state index in [4.69, 9.17) is 0 Å². The van der Waals surface area contributed by atoms with Gasteiger partial charge in [0, 0.05) is 35.8 Å². The number of aryl methyl sites for hydroxylation is 1. The molecule has 7 nitrogen and oxygen atoms in total. The molecule has 28 heavy (non-hydrogen) atoms. The van der Waals surface area contributed by atoms with Crippen LogP contribution in [0.4, 0.5) is 5.69 Å². The molecule has 0 fully saturated rings. The first-order chi connectivity index (χ1) is 13.7. The molecule has 1 amide bonds. The topological polar surface area (TPSA) is 88.5 Å². The molecule has 4 rings (SSSR count). The van der Waals surface area contributed by atoms with Crippen LogP contribution in [0.15, 0.2) is 72.3 Å². The van der Waals surface area contributed by atoms with Crippen LogP contribution in [-0.2, 0) is 12.8 Å². The Hall–Kier alpha value is -3.39. The number of carbonyl (C=O) groups excluding carboxylic acids is 1. The lowest BCUT2D eigenvalue weighted by molar-refractivity contribution is 0.102. The monoisotopic (exact) mass is 390 g/mol. The van der Waals surface area contributed by atoms with Crippen LogP contribution in [0, 0.1) is 0 Å². The Kier molecular flexibility index (Phi) is 5.20. The van der Waals surface area contributed by atoms with Crippen molar-refractivity contribution < 1.29 is 4.79 Å². The third-order valence-electron chi connectivity index (χ3n) is 4.16. The molecule has 2 heterocycles. The van der Waals surface area contributed by atoms with Crippen LogP contribution < -0.4 is 5.32 Å². The number of anilines is 1. The maximum atomic E-state index is 12.7. The zero-order valence-electron chi connectivity index (χ0n) is 15.2. The number of aromatic amines is 1. The lowest BCUT2D eigenvalue weighted by Crippen LogP contribution is -2.12. The highest BCUT2D eigenvalue weighted by atomic mass is 32.2. The summed E-state index contributed by atoms with van der Waals surface area (Å²) in [5.74, 6) is 0.588. The lowest BCUT2D eigenvalue weighted by Gasteiger charge is -2.08. The highest BCUT2D eigenvalue weighted by Crippen LogP contribution is 2.23. The number of carbonyl (C=O) groups is 1. The number of hydrogen-bond acceptors (Lipinski definition) is 5. The van der Waals surface area contributed by atoms with Crippen molar-refractivity contribution in [3.63, 3.8) is 0 Å². The van der Waals surface area contributed by atoms with Gasteiger partial charge in [0.05, 0.1) is 5.69 Å². The predicted octanol–water partition coefficient (Wildman–Crippen LogP) is 3.75. The number of amides is 1. The molecule has 8 heteroatoms. The molecular formula is C20H18N6OS. The summed E-state index contributed by atoms with van der Waals surface area (Å²) >= 11 is 1.60. The smallest absolute Gasteiger partial charge is 0.255 e. The fourth-order valence-corrected chi connectivity index (χ4v) is 3.57. The van der Waals surface area contributed by atoms with Gasteiger partial charge in [-0.15, -0.1) is 10.2 Å². The number of rotatable bonds is 6. The van der Waals surface area contributed by atoms with Crippen LogP contribution in [0.3, 0.4) is 0 Å². The summed E-state index contributed by atoms with van der Waals surface area (Å²) in [7, 11) is 1.91. The molecular weight excluding hydrogens is 372 g/mol.